The molecule has 4 N–H and O–H groups in total. The van der Waals surface area contributed by atoms with E-state index < -0.39 is 4.92 Å². The molecule has 9 nitrogen and oxygen atoms in total. The summed E-state index contributed by atoms with van der Waals surface area (Å²) in [5, 5.41) is 29.5. The lowest BCUT2D eigenvalue weighted by Crippen LogP contribution is -2.14. The lowest BCUT2D eigenvalue weighted by molar-refractivity contribution is -0.384. The topological polar surface area (TPSA) is 143 Å². The van der Waals surface area contributed by atoms with E-state index in [0.717, 1.165) is 11.8 Å². The molecule has 0 atom stereocenters. The minimum absolute atomic E-state index is 0.151. The predicted molar refractivity (Wildman–Crippen MR) is 70.8 cm³/mol. The highest BCUT2D eigenvalue weighted by Crippen LogP contribution is 2.30. The fourth-order valence-corrected chi connectivity index (χ4v) is 2.32. The van der Waals surface area contributed by atoms with E-state index in [-0.39, 0.29) is 17.1 Å². The quantitative estimate of drug-likeness (QED) is 0.253. The highest BCUT2D eigenvalue weighted by molar-refractivity contribution is 7.99. The van der Waals surface area contributed by atoms with Crippen LogP contribution < -0.4 is 5.73 Å². The van der Waals surface area contributed by atoms with Gasteiger partial charge in [0.2, 0.25) is 5.16 Å². The standard InChI is InChI=1S/C10H10N6O3S/c1-5-12-10(14-13-5)20-8-3-2-6(16(18)19)4-7(8)9(11)15-17/h2-4,17H,1H3,(H2,11,15)(H,12,13,14). The van der Waals surface area contributed by atoms with Crippen LogP contribution in [0.1, 0.15) is 11.4 Å². The van der Waals surface area contributed by atoms with E-state index in [1.807, 2.05) is 0 Å². The fraction of sp³-hybridized carbons (Fsp3) is 0.100. The second-order valence-electron chi connectivity index (χ2n) is 3.73. The Morgan fingerprint density at radius 2 is 2.35 bits per heavy atom. The van der Waals surface area contributed by atoms with Crippen molar-refractivity contribution in [2.24, 2.45) is 10.9 Å². The van der Waals surface area contributed by atoms with Crippen LogP contribution >= 0.6 is 11.8 Å². The van der Waals surface area contributed by atoms with Crippen LogP contribution in [-0.2, 0) is 0 Å². The Morgan fingerprint density at radius 1 is 1.60 bits per heavy atom. The van der Waals surface area contributed by atoms with Gasteiger partial charge in [0.25, 0.3) is 5.69 Å². The van der Waals surface area contributed by atoms with Crippen LogP contribution in [0, 0.1) is 17.0 Å². The summed E-state index contributed by atoms with van der Waals surface area (Å²) in [6.45, 7) is 1.75. The minimum atomic E-state index is -0.556. The van der Waals surface area contributed by atoms with Gasteiger partial charge in [0.05, 0.1) is 4.92 Å². The smallest absolute Gasteiger partial charge is 0.270 e. The first-order valence-electron chi connectivity index (χ1n) is 5.34. The zero-order valence-corrected chi connectivity index (χ0v) is 11.1. The highest BCUT2D eigenvalue weighted by atomic mass is 32.2. The summed E-state index contributed by atoms with van der Waals surface area (Å²) in [5.74, 6) is 0.420. The van der Waals surface area contributed by atoms with Gasteiger partial charge in [0.1, 0.15) is 5.82 Å². The SMILES string of the molecule is Cc1nc(Sc2ccc([N+](=O)[O-])cc2C(N)=NO)n[nH]1. The molecule has 0 saturated carbocycles. The normalized spacial score (nSPS) is 11.6. The molecule has 1 aromatic carbocycles. The first kappa shape index (κ1) is 13.8. The Kier molecular flexibility index (Phi) is 3.84. The number of non-ortho nitro benzene ring substituents is 1. The van der Waals surface area contributed by atoms with Crippen LogP contribution in [0.25, 0.3) is 0 Å². The third-order valence-electron chi connectivity index (χ3n) is 2.34. The number of hydrogen-bond acceptors (Lipinski definition) is 7. The van der Waals surface area contributed by atoms with Crippen LogP contribution in [0.15, 0.2) is 33.4 Å². The molecule has 0 unspecified atom stereocenters. The van der Waals surface area contributed by atoms with Crippen LogP contribution in [-0.4, -0.2) is 31.1 Å². The second kappa shape index (κ2) is 5.57. The molecule has 0 aliphatic heterocycles. The van der Waals surface area contributed by atoms with Gasteiger partial charge in [-0.15, -0.1) is 5.10 Å². The van der Waals surface area contributed by atoms with E-state index in [1.54, 1.807) is 6.92 Å². The maximum atomic E-state index is 10.8. The number of oxime groups is 1. The van der Waals surface area contributed by atoms with E-state index in [0.29, 0.717) is 15.9 Å². The summed E-state index contributed by atoms with van der Waals surface area (Å²) in [6, 6.07) is 4.06. The van der Waals surface area contributed by atoms with Crippen LogP contribution in [0.4, 0.5) is 5.69 Å². The third-order valence-corrected chi connectivity index (χ3v) is 3.28. The molecule has 1 heterocycles. The number of nitro groups is 1. The number of nitro benzene ring substituents is 1. The molecular formula is C10H10N6O3S. The summed E-state index contributed by atoms with van der Waals surface area (Å²) < 4.78 is 0. The van der Waals surface area contributed by atoms with Gasteiger partial charge < -0.3 is 10.9 Å². The molecule has 0 amide bonds. The highest BCUT2D eigenvalue weighted by Gasteiger charge is 2.16. The van der Waals surface area contributed by atoms with E-state index in [9.17, 15) is 10.1 Å². The van der Waals surface area contributed by atoms with E-state index in [2.05, 4.69) is 20.3 Å². The van der Waals surface area contributed by atoms with Crippen molar-refractivity contribution in [2.75, 3.05) is 0 Å². The van der Waals surface area contributed by atoms with E-state index in [4.69, 9.17) is 10.9 Å². The molecular weight excluding hydrogens is 284 g/mol. The Balaban J connectivity index is 2.43. The van der Waals surface area contributed by atoms with Crippen molar-refractivity contribution in [3.63, 3.8) is 0 Å². The lowest BCUT2D eigenvalue weighted by atomic mass is 10.2. The Morgan fingerprint density at radius 3 is 2.90 bits per heavy atom. The molecule has 0 saturated heterocycles. The van der Waals surface area contributed by atoms with Gasteiger partial charge in [-0.2, -0.15) is 0 Å². The van der Waals surface area contributed by atoms with Gasteiger partial charge in [-0.25, -0.2) is 4.98 Å². The van der Waals surface area contributed by atoms with Crippen molar-refractivity contribution in [1.82, 2.24) is 15.2 Å². The molecule has 0 bridgehead atoms. The van der Waals surface area contributed by atoms with Crippen LogP contribution in [0.3, 0.4) is 0 Å². The van der Waals surface area contributed by atoms with Crippen molar-refractivity contribution in [3.05, 3.63) is 39.7 Å². The first-order valence-corrected chi connectivity index (χ1v) is 6.16. The molecule has 0 aliphatic carbocycles. The first-order chi connectivity index (χ1) is 9.51. The van der Waals surface area contributed by atoms with Gasteiger partial charge in [-0.3, -0.25) is 15.2 Å². The summed E-state index contributed by atoms with van der Waals surface area (Å²) >= 11 is 1.15. The molecule has 10 heteroatoms. The van der Waals surface area contributed by atoms with Gasteiger partial charge in [-0.05, 0) is 24.8 Å². The lowest BCUT2D eigenvalue weighted by Gasteiger charge is -2.05. The van der Waals surface area contributed by atoms with Crippen LogP contribution in [0.5, 0.6) is 0 Å². The summed E-state index contributed by atoms with van der Waals surface area (Å²) in [4.78, 5) is 14.9. The molecule has 0 aliphatic rings. The maximum Gasteiger partial charge on any atom is 0.270 e. The molecule has 104 valence electrons. The number of aryl methyl sites for hydroxylation is 1. The second-order valence-corrected chi connectivity index (χ2v) is 4.74. The van der Waals surface area contributed by atoms with Crippen LogP contribution in [0.2, 0.25) is 0 Å². The number of H-pyrrole nitrogens is 1. The van der Waals surface area contributed by atoms with Crippen molar-refractivity contribution in [1.29, 1.82) is 0 Å². The van der Waals surface area contributed by atoms with Crippen molar-refractivity contribution < 1.29 is 10.1 Å². The van der Waals surface area contributed by atoms with E-state index >= 15 is 0 Å². The van der Waals surface area contributed by atoms with Crippen molar-refractivity contribution in [3.8, 4) is 0 Å². The Bertz CT molecular complexity index is 683. The average molecular weight is 294 g/mol. The molecule has 2 aromatic rings. The molecule has 0 spiro atoms. The molecule has 1 aromatic heterocycles. The van der Waals surface area contributed by atoms with Crippen molar-refractivity contribution in [2.45, 2.75) is 17.0 Å². The fourth-order valence-electron chi connectivity index (χ4n) is 1.44. The summed E-state index contributed by atoms with van der Waals surface area (Å²) in [5.41, 5.74) is 5.63. The van der Waals surface area contributed by atoms with Gasteiger partial charge in [0, 0.05) is 22.6 Å². The Hall–Kier alpha value is -2.62. The van der Waals surface area contributed by atoms with E-state index in [1.165, 1.54) is 18.2 Å². The minimum Gasteiger partial charge on any atom is -0.409 e. The number of benzene rings is 1. The molecule has 0 fully saturated rings. The monoisotopic (exact) mass is 294 g/mol. The zero-order valence-electron chi connectivity index (χ0n) is 10.3. The summed E-state index contributed by atoms with van der Waals surface area (Å²) in [7, 11) is 0. The number of nitrogens with zero attached hydrogens (tertiary/aromatic N) is 4. The van der Waals surface area contributed by atoms with Gasteiger partial charge in [0.15, 0.2) is 5.84 Å². The summed E-state index contributed by atoms with van der Waals surface area (Å²) in [6.07, 6.45) is 0. The van der Waals surface area contributed by atoms with Gasteiger partial charge in [-0.1, -0.05) is 5.16 Å². The van der Waals surface area contributed by atoms with Crippen molar-refractivity contribution >= 4 is 23.3 Å². The number of aromatic amines is 1. The average Bonchev–Trinajstić information content (AvgIpc) is 2.83. The largest absolute Gasteiger partial charge is 0.409 e. The zero-order chi connectivity index (χ0) is 14.7. The number of nitrogens with one attached hydrogen (secondary N) is 1. The number of hydrogen-bond donors (Lipinski definition) is 3. The molecule has 2 rings (SSSR count). The number of rotatable bonds is 4. The maximum absolute atomic E-state index is 10.8. The number of amidine groups is 1. The number of nitrogens with two attached hydrogens (primary N) is 1. The third kappa shape index (κ3) is 2.85. The Labute approximate surface area is 117 Å². The predicted octanol–water partition coefficient (Wildman–Crippen LogP) is 1.27. The molecule has 20 heavy (non-hydrogen) atoms. The van der Waals surface area contributed by atoms with Gasteiger partial charge >= 0.3 is 0 Å². The number of aromatic nitrogens is 3. The molecule has 0 radical (unpaired) electrons.